The first-order valence-electron chi connectivity index (χ1n) is 16.4. The van der Waals surface area contributed by atoms with Gasteiger partial charge in [-0.25, -0.2) is 0 Å². The summed E-state index contributed by atoms with van der Waals surface area (Å²) in [7, 11) is 0. The van der Waals surface area contributed by atoms with Crippen molar-refractivity contribution in [2.45, 2.75) is 86.5 Å². The number of halogens is 2. The molecular weight excluding hydrogens is 691 g/mol. The number of rotatable bonds is 3. The van der Waals surface area contributed by atoms with Crippen molar-refractivity contribution in [2.24, 2.45) is 5.41 Å². The first-order valence-corrected chi connectivity index (χ1v) is 17.7. The van der Waals surface area contributed by atoms with Crippen molar-refractivity contribution in [2.75, 3.05) is 0 Å². The molecule has 0 N–H and O–H groups in total. The minimum Gasteiger partial charge on any atom is -1.00 e. The second-order valence-corrected chi connectivity index (χ2v) is 17.3. The van der Waals surface area contributed by atoms with E-state index in [9.17, 15) is 0 Å². The van der Waals surface area contributed by atoms with Crippen LogP contribution in [-0.4, -0.2) is 0 Å². The van der Waals surface area contributed by atoms with Gasteiger partial charge in [-0.1, -0.05) is 0 Å². The van der Waals surface area contributed by atoms with Gasteiger partial charge in [0.15, 0.2) is 0 Å². The molecule has 2 aliphatic carbocycles. The second kappa shape index (κ2) is 13.5. The molecule has 0 heterocycles. The zero-order chi connectivity index (χ0) is 32.5. The Balaban J connectivity index is 0.00000250. The summed E-state index contributed by atoms with van der Waals surface area (Å²) in [6.07, 6.45) is 3.50. The van der Waals surface area contributed by atoms with Crippen LogP contribution in [-0.2, 0) is 35.5 Å². The molecule has 0 bridgehead atoms. The van der Waals surface area contributed by atoms with Gasteiger partial charge in [0.25, 0.3) is 0 Å². The molecule has 4 aromatic carbocycles. The first-order chi connectivity index (χ1) is 21.1. The molecule has 0 nitrogen and oxygen atoms in total. The van der Waals surface area contributed by atoms with E-state index in [2.05, 4.69) is 160 Å². The van der Waals surface area contributed by atoms with E-state index in [1.807, 2.05) is 0 Å². The predicted octanol–water partition coefficient (Wildman–Crippen LogP) is 4.37. The van der Waals surface area contributed by atoms with Crippen LogP contribution in [0.5, 0.6) is 0 Å². The minimum atomic E-state index is -0.0893. The molecule has 0 saturated heterocycles. The standard InChI is InChI=1S/C44H47.2ClH.Zr/c1-28-23-33(43(5,6)7)26-35(28)40-37-25-31-24-32(42(2,3)4)21-22-34(31)36(37)27-38(41(40)44(8,9)10)39(29-17-13-11-14-18-29)30-19-15-12-16-20-30;;;/h11-24,27H,26H2,1-10H3;2*1H;/q;;;+2/p-2. The fourth-order valence-electron chi connectivity index (χ4n) is 7.20. The smallest absolute Gasteiger partial charge is 1.00 e. The summed E-state index contributed by atoms with van der Waals surface area (Å²) in [5.41, 5.74) is 17.0. The third-order valence-corrected chi connectivity index (χ3v) is 10.9. The molecule has 47 heavy (non-hydrogen) atoms. The fourth-order valence-corrected chi connectivity index (χ4v) is 8.35. The Labute approximate surface area is 310 Å². The topological polar surface area (TPSA) is 0 Å². The van der Waals surface area contributed by atoms with Gasteiger partial charge in [-0.15, -0.1) is 0 Å². The Morgan fingerprint density at radius 3 is 1.64 bits per heavy atom. The van der Waals surface area contributed by atoms with Crippen LogP contribution in [0, 0.1) is 5.41 Å². The summed E-state index contributed by atoms with van der Waals surface area (Å²) in [5, 5.41) is 2.83. The summed E-state index contributed by atoms with van der Waals surface area (Å²) < 4.78 is 1.50. The van der Waals surface area contributed by atoms with Crippen molar-refractivity contribution in [1.82, 2.24) is 0 Å². The maximum atomic E-state index is 2.56. The summed E-state index contributed by atoms with van der Waals surface area (Å²) in [4.78, 5) is 0. The molecular formula is C44H47Cl2Zr. The van der Waals surface area contributed by atoms with Crippen LogP contribution in [0.3, 0.4) is 0 Å². The zero-order valence-electron chi connectivity index (χ0n) is 29.6. The first kappa shape index (κ1) is 37.4. The van der Waals surface area contributed by atoms with Crippen LogP contribution in [0.15, 0.2) is 102 Å². The molecule has 0 amide bonds. The Kier molecular flexibility index (Phi) is 10.7. The molecule has 0 aliphatic heterocycles. The third kappa shape index (κ3) is 6.88. The van der Waals surface area contributed by atoms with Crippen molar-refractivity contribution in [3.8, 4) is 11.1 Å². The second-order valence-electron chi connectivity index (χ2n) is 16.1. The van der Waals surface area contributed by atoms with E-state index >= 15 is 0 Å². The van der Waals surface area contributed by atoms with Crippen LogP contribution in [0.25, 0.3) is 25.6 Å². The van der Waals surface area contributed by atoms with Crippen LogP contribution < -0.4 is 35.3 Å². The minimum absolute atomic E-state index is 0. The van der Waals surface area contributed by atoms with E-state index in [1.54, 1.807) is 0 Å². The zero-order valence-corrected chi connectivity index (χ0v) is 33.6. The summed E-state index contributed by atoms with van der Waals surface area (Å²) >= 11 is 1.48. The average Bonchev–Trinajstić information content (AvgIpc) is 3.50. The van der Waals surface area contributed by atoms with Crippen LogP contribution in [0.2, 0.25) is 0 Å². The number of fused-ring (bicyclic) bond motifs is 3. The molecule has 0 aromatic heterocycles. The number of hydrogen-bond acceptors (Lipinski definition) is 0. The molecule has 0 radical (unpaired) electrons. The molecule has 0 saturated carbocycles. The van der Waals surface area contributed by atoms with E-state index in [-0.39, 0.29) is 41.1 Å². The van der Waals surface area contributed by atoms with Crippen molar-refractivity contribution < 1.29 is 49.5 Å². The predicted molar refractivity (Wildman–Crippen MR) is 190 cm³/mol. The Morgan fingerprint density at radius 1 is 0.617 bits per heavy atom. The van der Waals surface area contributed by atoms with E-state index < -0.39 is 0 Å². The van der Waals surface area contributed by atoms with Gasteiger partial charge < -0.3 is 24.8 Å². The summed E-state index contributed by atoms with van der Waals surface area (Å²) in [6, 6.07) is 31.9. The molecule has 6 rings (SSSR count). The maximum absolute atomic E-state index is 2.56. The number of benzene rings is 4. The van der Waals surface area contributed by atoms with E-state index in [0.717, 1.165) is 6.42 Å². The molecule has 3 heteroatoms. The molecule has 0 spiro atoms. The summed E-state index contributed by atoms with van der Waals surface area (Å²) in [6.45, 7) is 23.7. The number of hydrogen-bond donors (Lipinski definition) is 0. The molecule has 2 aliphatic rings. The largest absolute Gasteiger partial charge is 1.00 e. The van der Waals surface area contributed by atoms with Gasteiger partial charge in [0.2, 0.25) is 0 Å². The Morgan fingerprint density at radius 2 is 1.17 bits per heavy atom. The maximum Gasteiger partial charge on any atom is -1.00 e. The van der Waals surface area contributed by atoms with Gasteiger partial charge in [0.1, 0.15) is 0 Å². The molecule has 4 aromatic rings. The van der Waals surface area contributed by atoms with Crippen LogP contribution in [0.1, 0.15) is 109 Å². The van der Waals surface area contributed by atoms with Crippen molar-refractivity contribution >= 4 is 14.4 Å². The Hall–Kier alpha value is -2.44. The van der Waals surface area contributed by atoms with Crippen LogP contribution in [0.4, 0.5) is 0 Å². The molecule has 0 atom stereocenters. The monoisotopic (exact) mass is 735 g/mol. The number of allylic oxidation sites excluding steroid dienone is 4. The molecule has 0 fully saturated rings. The van der Waals surface area contributed by atoms with E-state index in [1.165, 1.54) is 105 Å². The van der Waals surface area contributed by atoms with Gasteiger partial charge in [0, 0.05) is 0 Å². The van der Waals surface area contributed by atoms with Crippen molar-refractivity contribution in [3.63, 3.8) is 0 Å². The SMILES string of the molecule is CC1=C(c2c(C(C)(C)C)c(=C(c3ccccc3)c3ccccc3)cc3c2=[C]([Zr+2])c2cc(C(C)(C)C)ccc2-3)CC(C(C)(C)C)=C1.[Cl-].[Cl-]. The normalized spacial score (nSPS) is 14.3. The van der Waals surface area contributed by atoms with Gasteiger partial charge in [-0.2, -0.15) is 0 Å². The van der Waals surface area contributed by atoms with Crippen LogP contribution >= 0.6 is 0 Å². The van der Waals surface area contributed by atoms with Gasteiger partial charge in [0.05, 0.1) is 0 Å². The van der Waals surface area contributed by atoms with Crippen molar-refractivity contribution in [1.29, 1.82) is 0 Å². The van der Waals surface area contributed by atoms with Gasteiger partial charge >= 0.3 is 288 Å². The molecule has 0 unspecified atom stereocenters. The summed E-state index contributed by atoms with van der Waals surface area (Å²) in [5.74, 6) is 0. The average molecular weight is 738 g/mol. The molecule has 241 valence electrons. The van der Waals surface area contributed by atoms with Crippen molar-refractivity contribution in [3.05, 3.63) is 146 Å². The Bertz CT molecular complexity index is 1970. The fraction of sp³-hybridized carbons (Fsp3) is 0.318. The van der Waals surface area contributed by atoms with Gasteiger partial charge in [-0.3, -0.25) is 0 Å². The van der Waals surface area contributed by atoms with E-state index in [0.29, 0.717) is 0 Å². The quantitative estimate of drug-likeness (QED) is 0.294. The van der Waals surface area contributed by atoms with E-state index in [4.69, 9.17) is 0 Å². The van der Waals surface area contributed by atoms with Gasteiger partial charge in [-0.05, 0) is 0 Å². The third-order valence-electron chi connectivity index (χ3n) is 9.67.